The maximum atomic E-state index is 9.83. The molecule has 4 fully saturated rings. The molecule has 0 aromatic rings. The molecule has 4 rings (SSSR count). The van der Waals surface area contributed by atoms with Gasteiger partial charge >= 0.3 is 0 Å². The van der Waals surface area contributed by atoms with Crippen LogP contribution >= 0.6 is 0 Å². The number of hydrogen-bond donors (Lipinski definition) is 2. The minimum absolute atomic E-state index is 0.0312. The van der Waals surface area contributed by atoms with E-state index in [0.717, 1.165) is 65.0 Å². The second-order valence-corrected chi connectivity index (χ2v) is 8.78. The second kappa shape index (κ2) is 13.3. The molecule has 0 aromatic carbocycles. The summed E-state index contributed by atoms with van der Waals surface area (Å²) in [5, 5.41) is 19.1. The number of hydrogen-bond acceptors (Lipinski definition) is 8. The van der Waals surface area contributed by atoms with Gasteiger partial charge < -0.3 is 38.6 Å². The largest absolute Gasteiger partial charge is 0.393 e. The summed E-state index contributed by atoms with van der Waals surface area (Å²) in [4.78, 5) is 0. The van der Waals surface area contributed by atoms with Gasteiger partial charge in [0.05, 0.1) is 63.6 Å². The molecule has 176 valence electrons. The van der Waals surface area contributed by atoms with E-state index in [1.54, 1.807) is 0 Å². The van der Waals surface area contributed by atoms with Crippen LogP contribution in [0.5, 0.6) is 0 Å². The highest BCUT2D eigenvalue weighted by molar-refractivity contribution is 4.79. The molecule has 4 heterocycles. The highest BCUT2D eigenvalue weighted by Crippen LogP contribution is 2.22. The molecule has 4 aliphatic rings. The first kappa shape index (κ1) is 24.3. The first-order valence-electron chi connectivity index (χ1n) is 11.7. The van der Waals surface area contributed by atoms with Gasteiger partial charge in [-0.15, -0.1) is 0 Å². The highest BCUT2D eigenvalue weighted by atomic mass is 16.8. The van der Waals surface area contributed by atoms with Crippen molar-refractivity contribution >= 4 is 0 Å². The van der Waals surface area contributed by atoms with E-state index in [0.29, 0.717) is 25.4 Å². The number of epoxide rings is 4. The third-order valence-corrected chi connectivity index (χ3v) is 5.48. The van der Waals surface area contributed by atoms with Crippen LogP contribution in [-0.4, -0.2) is 92.8 Å². The summed E-state index contributed by atoms with van der Waals surface area (Å²) in [6.07, 6.45) is 8.43. The van der Waals surface area contributed by atoms with Crippen LogP contribution < -0.4 is 0 Å². The number of unbranched alkanes of at least 4 members (excludes halogenated alkanes) is 1. The molecule has 0 saturated carbocycles. The fraction of sp³-hybridized carbons (Fsp3) is 1.00. The van der Waals surface area contributed by atoms with Crippen LogP contribution in [0, 0.1) is 0 Å². The third kappa shape index (κ3) is 12.5. The van der Waals surface area contributed by atoms with Crippen LogP contribution in [0.15, 0.2) is 0 Å². The van der Waals surface area contributed by atoms with Crippen molar-refractivity contribution in [1.29, 1.82) is 0 Å². The summed E-state index contributed by atoms with van der Waals surface area (Å²) >= 11 is 0. The number of aliphatic hydroxyl groups excluding tert-OH is 2. The molecule has 2 N–H and O–H groups in total. The van der Waals surface area contributed by atoms with E-state index in [4.69, 9.17) is 28.4 Å². The molecule has 0 spiro atoms. The minimum Gasteiger partial charge on any atom is -0.393 e. The van der Waals surface area contributed by atoms with Crippen LogP contribution in [0.2, 0.25) is 0 Å². The molecule has 4 saturated heterocycles. The van der Waals surface area contributed by atoms with E-state index >= 15 is 0 Å². The molecule has 0 radical (unpaired) electrons. The molecule has 30 heavy (non-hydrogen) atoms. The van der Waals surface area contributed by atoms with Crippen molar-refractivity contribution in [3.05, 3.63) is 0 Å². The summed E-state index contributed by atoms with van der Waals surface area (Å²) in [5.41, 5.74) is 0. The molecule has 0 aromatic heterocycles. The van der Waals surface area contributed by atoms with Gasteiger partial charge in [0, 0.05) is 12.8 Å². The molecule has 0 aliphatic carbocycles. The topological polar surface area (TPSA) is 109 Å². The highest BCUT2D eigenvalue weighted by Gasteiger charge is 2.31. The van der Waals surface area contributed by atoms with Gasteiger partial charge in [-0.3, -0.25) is 0 Å². The van der Waals surface area contributed by atoms with Crippen molar-refractivity contribution in [2.75, 3.05) is 39.6 Å². The maximum absolute atomic E-state index is 9.83. The van der Waals surface area contributed by atoms with E-state index < -0.39 is 0 Å². The second-order valence-electron chi connectivity index (χ2n) is 8.78. The molecule has 6 atom stereocenters. The number of aliphatic hydroxyl groups is 2. The molecule has 0 bridgehead atoms. The van der Waals surface area contributed by atoms with Gasteiger partial charge in [0.25, 0.3) is 0 Å². The summed E-state index contributed by atoms with van der Waals surface area (Å²) in [7, 11) is 0. The van der Waals surface area contributed by atoms with Crippen LogP contribution in [0.4, 0.5) is 0 Å². The van der Waals surface area contributed by atoms with Gasteiger partial charge in [-0.2, -0.15) is 0 Å². The zero-order chi connectivity index (χ0) is 21.2. The monoisotopic (exact) mass is 432 g/mol. The Morgan fingerprint density at radius 2 is 1.40 bits per heavy atom. The van der Waals surface area contributed by atoms with E-state index in [9.17, 15) is 10.2 Å². The maximum Gasteiger partial charge on any atom is 0.181 e. The van der Waals surface area contributed by atoms with Crippen molar-refractivity contribution in [2.45, 2.75) is 101 Å². The molecule has 8 heteroatoms. The Balaban J connectivity index is 0.000000212. The smallest absolute Gasteiger partial charge is 0.181 e. The van der Waals surface area contributed by atoms with Crippen molar-refractivity contribution in [1.82, 2.24) is 0 Å². The molecule has 0 amide bonds. The van der Waals surface area contributed by atoms with Crippen LogP contribution in [0.1, 0.15) is 58.3 Å². The fourth-order valence-corrected chi connectivity index (χ4v) is 3.32. The summed E-state index contributed by atoms with van der Waals surface area (Å²) < 4.78 is 31.3. The Morgan fingerprint density at radius 1 is 0.800 bits per heavy atom. The lowest BCUT2D eigenvalue weighted by Gasteiger charge is -2.17. The van der Waals surface area contributed by atoms with Gasteiger partial charge in [0.1, 0.15) is 12.7 Å². The van der Waals surface area contributed by atoms with Crippen LogP contribution in [-0.2, 0) is 28.4 Å². The summed E-state index contributed by atoms with van der Waals surface area (Å²) in [5.74, 6) is 0. The minimum atomic E-state index is -0.377. The SMILES string of the molecule is CCCCC(CCCC(O)COCC1CO1)OC1CO1.OC(CC1CO1)CC1CO1. The van der Waals surface area contributed by atoms with E-state index in [2.05, 4.69) is 6.92 Å². The molecule has 4 aliphatic heterocycles. The predicted octanol–water partition coefficient (Wildman–Crippen LogP) is 1.79. The Morgan fingerprint density at radius 3 is 1.93 bits per heavy atom. The van der Waals surface area contributed by atoms with Crippen molar-refractivity contribution < 1.29 is 38.6 Å². The Kier molecular flexibility index (Phi) is 10.8. The third-order valence-electron chi connectivity index (χ3n) is 5.48. The molecular weight excluding hydrogens is 392 g/mol. The van der Waals surface area contributed by atoms with Gasteiger partial charge in [-0.05, 0) is 25.7 Å². The lowest BCUT2D eigenvalue weighted by Crippen LogP contribution is -2.19. The normalized spacial score (nSPS) is 31.3. The first-order chi connectivity index (χ1) is 14.6. The van der Waals surface area contributed by atoms with Gasteiger partial charge in [-0.25, -0.2) is 0 Å². The molecule has 8 nitrogen and oxygen atoms in total. The van der Waals surface area contributed by atoms with E-state index in [-0.39, 0.29) is 30.7 Å². The van der Waals surface area contributed by atoms with Gasteiger partial charge in [-0.1, -0.05) is 19.8 Å². The zero-order valence-corrected chi connectivity index (χ0v) is 18.3. The quantitative estimate of drug-likeness (QED) is 0.335. The predicted molar refractivity (Wildman–Crippen MR) is 109 cm³/mol. The lowest BCUT2D eigenvalue weighted by molar-refractivity contribution is -0.0242. The Labute approximate surface area is 180 Å². The van der Waals surface area contributed by atoms with E-state index in [1.807, 2.05) is 0 Å². The average Bonchev–Trinajstić information content (AvgIpc) is 3.54. The van der Waals surface area contributed by atoms with Crippen molar-refractivity contribution in [2.24, 2.45) is 0 Å². The Bertz CT molecular complexity index is 434. The summed E-state index contributed by atoms with van der Waals surface area (Å²) in [6, 6.07) is 0. The Hall–Kier alpha value is -0.320. The fourth-order valence-electron chi connectivity index (χ4n) is 3.32. The van der Waals surface area contributed by atoms with Crippen LogP contribution in [0.25, 0.3) is 0 Å². The number of ether oxygens (including phenoxy) is 6. The zero-order valence-electron chi connectivity index (χ0n) is 18.3. The molecular formula is C22H40O8. The van der Waals surface area contributed by atoms with Crippen LogP contribution in [0.3, 0.4) is 0 Å². The molecule has 6 unspecified atom stereocenters. The summed E-state index contributed by atoms with van der Waals surface area (Å²) in [6.45, 7) is 6.42. The van der Waals surface area contributed by atoms with Gasteiger partial charge in [0.2, 0.25) is 0 Å². The average molecular weight is 433 g/mol. The lowest BCUT2D eigenvalue weighted by atomic mass is 10.0. The van der Waals surface area contributed by atoms with Gasteiger partial charge in [0.15, 0.2) is 6.29 Å². The first-order valence-corrected chi connectivity index (χ1v) is 11.7. The van der Waals surface area contributed by atoms with E-state index in [1.165, 1.54) is 12.8 Å². The number of rotatable bonds is 17. The van der Waals surface area contributed by atoms with Crippen molar-refractivity contribution in [3.8, 4) is 0 Å². The standard InChI is InChI=1S/C15H28O5.C7H12O3/c1-2-3-6-13(20-15-11-19-15)7-4-5-12(16)8-17-9-14-10-18-14;8-5(1-6-3-9-6)2-7-4-10-7/h12-16H,2-11H2,1H3;5-8H,1-4H2. The van der Waals surface area contributed by atoms with Crippen molar-refractivity contribution in [3.63, 3.8) is 0 Å².